The van der Waals surface area contributed by atoms with Crippen LogP contribution in [0.1, 0.15) is 57.8 Å². The molecule has 8 heteroatoms. The van der Waals surface area contributed by atoms with E-state index in [0.29, 0.717) is 17.6 Å². The molecule has 0 atom stereocenters. The highest BCUT2D eigenvalue weighted by Gasteiger charge is 2.54. The molecule has 1 heterocycles. The van der Waals surface area contributed by atoms with Crippen LogP contribution in [0, 0.1) is 5.92 Å². The summed E-state index contributed by atoms with van der Waals surface area (Å²) in [6, 6.07) is 4.03. The molecule has 1 aromatic carbocycles. The van der Waals surface area contributed by atoms with Gasteiger partial charge in [0.1, 0.15) is 12.0 Å². The summed E-state index contributed by atoms with van der Waals surface area (Å²) in [5, 5.41) is 8.69. The molecular formula is C24H33FN2O3S2. The largest absolute Gasteiger partial charge is 0.476 e. The standard InChI is InChI=1S/C19H23FN2O3S2.C5H10/c1-21-5-6-22(19-4-3-12(9-19)10-19)14-7-17(26-2)15(8-16(14)27-21)25-11-13(20)18(23)24;1-2-4-5-3-1/h7-8,11-12H,3-6,9-10H2,1-2H3,(H,23,24);1-5H2/b13-11-;. The Hall–Kier alpha value is -1.38. The van der Waals surface area contributed by atoms with Gasteiger partial charge in [0.2, 0.25) is 5.83 Å². The minimum atomic E-state index is -1.63. The summed E-state index contributed by atoms with van der Waals surface area (Å²) in [5.41, 5.74) is 1.50. The Morgan fingerprint density at radius 1 is 1.25 bits per heavy atom. The molecule has 4 aliphatic carbocycles. The summed E-state index contributed by atoms with van der Waals surface area (Å²) < 4.78 is 20.9. The van der Waals surface area contributed by atoms with Gasteiger partial charge in [-0.2, -0.15) is 4.39 Å². The van der Waals surface area contributed by atoms with Crippen LogP contribution in [-0.4, -0.2) is 47.3 Å². The van der Waals surface area contributed by atoms with Crippen molar-refractivity contribution in [2.75, 3.05) is 31.3 Å². The highest BCUT2D eigenvalue weighted by molar-refractivity contribution is 7.98. The van der Waals surface area contributed by atoms with Crippen molar-refractivity contribution in [1.29, 1.82) is 0 Å². The van der Waals surface area contributed by atoms with Gasteiger partial charge in [-0.15, -0.1) is 11.8 Å². The van der Waals surface area contributed by atoms with Crippen molar-refractivity contribution in [3.05, 3.63) is 24.2 Å². The van der Waals surface area contributed by atoms with Crippen LogP contribution in [0.25, 0.3) is 0 Å². The normalized spacial score (nSPS) is 27.2. The van der Waals surface area contributed by atoms with Crippen LogP contribution in [0.5, 0.6) is 5.75 Å². The van der Waals surface area contributed by atoms with Gasteiger partial charge in [0.05, 0.1) is 15.5 Å². The molecule has 176 valence electrons. The quantitative estimate of drug-likeness (QED) is 0.229. The van der Waals surface area contributed by atoms with E-state index in [1.165, 1.54) is 75.2 Å². The van der Waals surface area contributed by atoms with Crippen LogP contribution in [0.3, 0.4) is 0 Å². The molecule has 1 N–H and O–H groups in total. The van der Waals surface area contributed by atoms with Gasteiger partial charge in [-0.3, -0.25) is 0 Å². The second kappa shape index (κ2) is 10.3. The van der Waals surface area contributed by atoms with E-state index in [4.69, 9.17) is 9.84 Å². The highest BCUT2D eigenvalue weighted by Crippen LogP contribution is 2.58. The molecular weight excluding hydrogens is 447 g/mol. The van der Waals surface area contributed by atoms with Gasteiger partial charge in [0.15, 0.2) is 0 Å². The minimum absolute atomic E-state index is 0.290. The molecule has 0 spiro atoms. The van der Waals surface area contributed by atoms with E-state index in [0.717, 1.165) is 28.8 Å². The lowest BCUT2D eigenvalue weighted by atomic mass is 9.75. The molecule has 0 radical (unpaired) electrons. The fraction of sp³-hybridized carbons (Fsp3) is 0.625. The van der Waals surface area contributed by atoms with Crippen molar-refractivity contribution in [1.82, 2.24) is 4.31 Å². The second-order valence-electron chi connectivity index (χ2n) is 9.26. The zero-order valence-electron chi connectivity index (χ0n) is 18.9. The first-order chi connectivity index (χ1) is 15.4. The number of halogens is 1. The van der Waals surface area contributed by atoms with Crippen molar-refractivity contribution in [2.45, 2.75) is 73.1 Å². The molecule has 0 unspecified atom stereocenters. The Morgan fingerprint density at radius 3 is 2.50 bits per heavy atom. The summed E-state index contributed by atoms with van der Waals surface area (Å²) in [5.74, 6) is -1.57. The molecule has 4 fully saturated rings. The lowest BCUT2D eigenvalue weighted by Gasteiger charge is -2.49. The Kier molecular flexibility index (Phi) is 7.62. The number of likely N-dealkylation sites (N-methyl/N-ethyl adjacent to an activating group) is 1. The molecule has 6 rings (SSSR count). The summed E-state index contributed by atoms with van der Waals surface area (Å²) in [4.78, 5) is 15.2. The Balaban J connectivity index is 0.000000433. The summed E-state index contributed by atoms with van der Waals surface area (Å²) in [6.45, 7) is 1.95. The fourth-order valence-electron chi connectivity index (χ4n) is 5.43. The first-order valence-electron chi connectivity index (χ1n) is 11.6. The van der Waals surface area contributed by atoms with Gasteiger partial charge >= 0.3 is 5.97 Å². The maximum absolute atomic E-state index is 13.3. The van der Waals surface area contributed by atoms with E-state index in [1.807, 2.05) is 12.3 Å². The number of benzene rings is 1. The van der Waals surface area contributed by atoms with Gasteiger partial charge in [-0.1, -0.05) is 32.1 Å². The predicted octanol–water partition coefficient (Wildman–Crippen LogP) is 6.33. The van der Waals surface area contributed by atoms with E-state index in [2.05, 4.69) is 22.3 Å². The van der Waals surface area contributed by atoms with Gasteiger partial charge in [-0.05, 0) is 69.0 Å². The van der Waals surface area contributed by atoms with Crippen molar-refractivity contribution in [3.63, 3.8) is 0 Å². The molecule has 32 heavy (non-hydrogen) atoms. The van der Waals surface area contributed by atoms with E-state index in [1.54, 1.807) is 11.9 Å². The number of anilines is 1. The van der Waals surface area contributed by atoms with Gasteiger partial charge < -0.3 is 14.7 Å². The number of carboxylic acids is 1. The smallest absolute Gasteiger partial charge is 0.368 e. The van der Waals surface area contributed by atoms with Crippen LogP contribution in [0.2, 0.25) is 0 Å². The zero-order valence-corrected chi connectivity index (χ0v) is 20.6. The van der Waals surface area contributed by atoms with Crippen LogP contribution in [-0.2, 0) is 4.79 Å². The molecule has 0 aromatic heterocycles. The zero-order chi connectivity index (χ0) is 22.7. The first kappa shape index (κ1) is 23.8. The van der Waals surface area contributed by atoms with Crippen molar-refractivity contribution in [2.24, 2.45) is 5.92 Å². The Morgan fingerprint density at radius 2 is 1.94 bits per heavy atom. The SMILES string of the molecule is C1CCCC1.CSc1cc2c(cc1O/C=C(\F)C(=O)O)SN(C)CCN2C12CCC(C1)C2. The third-order valence-corrected chi connectivity index (χ3v) is 8.88. The van der Waals surface area contributed by atoms with Crippen molar-refractivity contribution in [3.8, 4) is 5.75 Å². The number of thioether (sulfide) groups is 1. The Labute approximate surface area is 198 Å². The molecule has 1 aliphatic heterocycles. The molecule has 5 nitrogen and oxygen atoms in total. The second-order valence-corrected chi connectivity index (χ2v) is 11.4. The molecule has 1 aromatic rings. The summed E-state index contributed by atoms with van der Waals surface area (Å²) in [6.07, 6.45) is 15.2. The van der Waals surface area contributed by atoms with E-state index >= 15 is 0 Å². The summed E-state index contributed by atoms with van der Waals surface area (Å²) in [7, 11) is 2.07. The van der Waals surface area contributed by atoms with Gasteiger partial charge in [0, 0.05) is 18.6 Å². The van der Waals surface area contributed by atoms with Crippen molar-refractivity contribution < 1.29 is 19.0 Å². The maximum atomic E-state index is 13.3. The average molecular weight is 481 g/mol. The monoisotopic (exact) mass is 480 g/mol. The highest BCUT2D eigenvalue weighted by atomic mass is 32.2. The Bertz CT molecular complexity index is 856. The molecule has 0 amide bonds. The number of hydrogen-bond donors (Lipinski definition) is 1. The third kappa shape index (κ3) is 5.07. The maximum Gasteiger partial charge on any atom is 0.368 e. The van der Waals surface area contributed by atoms with E-state index in [9.17, 15) is 9.18 Å². The molecule has 0 saturated heterocycles. The van der Waals surface area contributed by atoms with Gasteiger partial charge in [0.25, 0.3) is 0 Å². The number of rotatable bonds is 5. The minimum Gasteiger partial charge on any atom is -0.476 e. The molecule has 2 bridgehead atoms. The first-order valence-corrected chi connectivity index (χ1v) is 13.6. The van der Waals surface area contributed by atoms with E-state index < -0.39 is 11.8 Å². The number of carboxylic acid groups (broad SMARTS) is 1. The topological polar surface area (TPSA) is 53.0 Å². The van der Waals surface area contributed by atoms with Crippen LogP contribution in [0.15, 0.2) is 34.0 Å². The molecule has 4 saturated carbocycles. The lowest BCUT2D eigenvalue weighted by Crippen LogP contribution is -2.53. The van der Waals surface area contributed by atoms with Crippen molar-refractivity contribution >= 4 is 35.4 Å². The van der Waals surface area contributed by atoms with Gasteiger partial charge in [-0.25, -0.2) is 9.10 Å². The fourth-order valence-corrected chi connectivity index (χ4v) is 6.90. The molecule has 5 aliphatic rings. The van der Waals surface area contributed by atoms with Crippen LogP contribution in [0.4, 0.5) is 10.1 Å². The van der Waals surface area contributed by atoms with Crippen LogP contribution < -0.4 is 9.64 Å². The predicted molar refractivity (Wildman–Crippen MR) is 129 cm³/mol. The summed E-state index contributed by atoms with van der Waals surface area (Å²) >= 11 is 3.18. The van der Waals surface area contributed by atoms with E-state index in [-0.39, 0.29) is 0 Å². The number of aliphatic carboxylic acids is 1. The number of carbonyl (C=O) groups is 1. The number of nitrogens with zero attached hydrogens (tertiary/aromatic N) is 2. The number of fused-ring (bicyclic) bond motifs is 2. The number of hydrogen-bond acceptors (Lipinski definition) is 6. The third-order valence-electron chi connectivity index (χ3n) is 7.10. The average Bonchev–Trinajstić information content (AvgIpc) is 3.51. The number of ether oxygens (including phenoxy) is 1. The van der Waals surface area contributed by atoms with Crippen LogP contribution >= 0.6 is 23.7 Å². The lowest BCUT2D eigenvalue weighted by molar-refractivity contribution is -0.134.